The zero-order valence-corrected chi connectivity index (χ0v) is 17.5. The summed E-state index contributed by atoms with van der Waals surface area (Å²) in [6, 6.07) is 12.5. The van der Waals surface area contributed by atoms with Crippen molar-refractivity contribution in [2.24, 2.45) is 0 Å². The van der Waals surface area contributed by atoms with Crippen LogP contribution < -0.4 is 4.90 Å². The van der Waals surface area contributed by atoms with E-state index >= 15 is 0 Å². The smallest absolute Gasteiger partial charge is 0.236 e. The van der Waals surface area contributed by atoms with Crippen molar-refractivity contribution in [3.05, 3.63) is 60.3 Å². The van der Waals surface area contributed by atoms with Crippen molar-refractivity contribution >= 4 is 17.2 Å². The summed E-state index contributed by atoms with van der Waals surface area (Å²) in [4.78, 5) is 19.2. The molecule has 0 radical (unpaired) electrons. The average molecular weight is 423 g/mol. The molecule has 1 aromatic carbocycles. The van der Waals surface area contributed by atoms with E-state index in [0.717, 1.165) is 56.2 Å². The first-order chi connectivity index (χ1) is 15.2. The third-order valence-electron chi connectivity index (χ3n) is 6.48. The quantitative estimate of drug-likeness (QED) is 0.646. The number of nitrogens with zero attached hydrogens (tertiary/aromatic N) is 6. The number of hydrogen-bond donors (Lipinski definition) is 0. The largest absolute Gasteiger partial charge is 0.368 e. The first kappa shape index (κ1) is 19.9. The molecular formula is C23H27FN6O. The van der Waals surface area contributed by atoms with Gasteiger partial charge in [0.2, 0.25) is 5.91 Å². The molecule has 8 heteroatoms. The zero-order chi connectivity index (χ0) is 21.2. The molecule has 2 aliphatic heterocycles. The van der Waals surface area contributed by atoms with E-state index in [9.17, 15) is 9.18 Å². The Morgan fingerprint density at radius 3 is 2.42 bits per heavy atom. The highest BCUT2D eigenvalue weighted by Crippen LogP contribution is 2.27. The minimum absolute atomic E-state index is 0.199. The number of halogens is 1. The van der Waals surface area contributed by atoms with Crippen LogP contribution in [0.1, 0.15) is 24.6 Å². The fourth-order valence-corrected chi connectivity index (χ4v) is 4.64. The number of amides is 1. The van der Waals surface area contributed by atoms with Crippen molar-refractivity contribution in [2.45, 2.75) is 18.8 Å². The van der Waals surface area contributed by atoms with Gasteiger partial charge in [-0.05, 0) is 62.3 Å². The Hall–Kier alpha value is -3.00. The molecule has 0 N–H and O–H groups in total. The normalized spacial score (nSPS) is 18.6. The van der Waals surface area contributed by atoms with Crippen LogP contribution in [0.3, 0.4) is 0 Å². The van der Waals surface area contributed by atoms with Crippen LogP contribution in [0.2, 0.25) is 0 Å². The maximum Gasteiger partial charge on any atom is 0.236 e. The Balaban J connectivity index is 1.11. The van der Waals surface area contributed by atoms with Gasteiger partial charge in [0.1, 0.15) is 11.6 Å². The van der Waals surface area contributed by atoms with Gasteiger partial charge in [-0.2, -0.15) is 0 Å². The number of aromatic nitrogens is 3. The third kappa shape index (κ3) is 4.25. The number of rotatable bonds is 4. The Kier molecular flexibility index (Phi) is 5.55. The second-order valence-electron chi connectivity index (χ2n) is 8.38. The van der Waals surface area contributed by atoms with Crippen LogP contribution in [0.25, 0.3) is 5.65 Å². The molecule has 0 spiro atoms. The van der Waals surface area contributed by atoms with Gasteiger partial charge in [0, 0.05) is 44.0 Å². The summed E-state index contributed by atoms with van der Waals surface area (Å²) in [5.41, 5.74) is 1.89. The van der Waals surface area contributed by atoms with E-state index in [1.54, 1.807) is 12.1 Å². The molecule has 3 aromatic rings. The van der Waals surface area contributed by atoms with Gasteiger partial charge in [-0.25, -0.2) is 4.39 Å². The maximum absolute atomic E-state index is 13.1. The van der Waals surface area contributed by atoms with Crippen molar-refractivity contribution in [1.82, 2.24) is 24.4 Å². The zero-order valence-electron chi connectivity index (χ0n) is 17.5. The molecule has 0 saturated carbocycles. The first-order valence-electron chi connectivity index (χ1n) is 11.0. The molecule has 2 fully saturated rings. The Morgan fingerprint density at radius 1 is 0.935 bits per heavy atom. The minimum atomic E-state index is -0.224. The van der Waals surface area contributed by atoms with E-state index in [4.69, 9.17) is 0 Å². The van der Waals surface area contributed by atoms with Gasteiger partial charge >= 0.3 is 0 Å². The monoisotopic (exact) mass is 422 g/mol. The third-order valence-corrected chi connectivity index (χ3v) is 6.48. The number of piperidine rings is 1. The number of carbonyl (C=O) groups excluding carboxylic acids is 1. The molecule has 2 saturated heterocycles. The van der Waals surface area contributed by atoms with E-state index in [1.807, 2.05) is 29.3 Å². The lowest BCUT2D eigenvalue weighted by Gasteiger charge is -2.38. The minimum Gasteiger partial charge on any atom is -0.368 e. The first-order valence-corrected chi connectivity index (χ1v) is 11.0. The summed E-state index contributed by atoms with van der Waals surface area (Å²) in [6.45, 7) is 5.24. The summed E-state index contributed by atoms with van der Waals surface area (Å²) in [5.74, 6) is 1.38. The Morgan fingerprint density at radius 2 is 1.68 bits per heavy atom. The highest BCUT2D eigenvalue weighted by molar-refractivity contribution is 5.78. The molecule has 5 rings (SSSR count). The molecule has 2 aromatic heterocycles. The molecule has 0 unspecified atom stereocenters. The summed E-state index contributed by atoms with van der Waals surface area (Å²) in [5, 5.41) is 8.68. The number of benzene rings is 1. The van der Waals surface area contributed by atoms with Crippen LogP contribution in [0.5, 0.6) is 0 Å². The average Bonchev–Trinajstić information content (AvgIpc) is 3.24. The number of likely N-dealkylation sites (tertiary alicyclic amines) is 1. The van der Waals surface area contributed by atoms with Crippen LogP contribution in [0, 0.1) is 5.82 Å². The molecule has 0 atom stereocenters. The van der Waals surface area contributed by atoms with Crippen molar-refractivity contribution in [3.63, 3.8) is 0 Å². The number of carbonyl (C=O) groups is 1. The lowest BCUT2D eigenvalue weighted by molar-refractivity contribution is -0.133. The number of hydrogen-bond acceptors (Lipinski definition) is 5. The summed E-state index contributed by atoms with van der Waals surface area (Å²) < 4.78 is 15.2. The SMILES string of the molecule is O=C(CN1CCC(c2nnc3ccccn23)CC1)N1CCN(c2ccc(F)cc2)CC1. The standard InChI is InChI=1S/C23H27FN6O/c24-19-4-6-20(7-5-19)28-13-15-29(16-14-28)22(31)17-27-11-8-18(9-12-27)23-26-25-21-3-1-2-10-30(21)23/h1-7,10,18H,8-9,11-17H2. The van der Waals surface area contributed by atoms with Gasteiger partial charge in [0.25, 0.3) is 0 Å². The second kappa shape index (κ2) is 8.63. The van der Waals surface area contributed by atoms with Gasteiger partial charge in [0.15, 0.2) is 5.65 Å². The fraction of sp³-hybridized carbons (Fsp3) is 0.435. The molecular weight excluding hydrogens is 395 g/mol. The van der Waals surface area contributed by atoms with Gasteiger partial charge in [-0.15, -0.1) is 10.2 Å². The van der Waals surface area contributed by atoms with E-state index < -0.39 is 0 Å². The molecule has 7 nitrogen and oxygen atoms in total. The Labute approximate surface area is 181 Å². The lowest BCUT2D eigenvalue weighted by atomic mass is 9.96. The van der Waals surface area contributed by atoms with Crippen molar-refractivity contribution < 1.29 is 9.18 Å². The number of anilines is 1. The van der Waals surface area contributed by atoms with Crippen molar-refractivity contribution in [1.29, 1.82) is 0 Å². The van der Waals surface area contributed by atoms with Crippen LogP contribution in [0.15, 0.2) is 48.7 Å². The van der Waals surface area contributed by atoms with Crippen LogP contribution in [-0.4, -0.2) is 76.1 Å². The molecule has 0 aliphatic carbocycles. The fourth-order valence-electron chi connectivity index (χ4n) is 4.64. The van der Waals surface area contributed by atoms with Gasteiger partial charge < -0.3 is 9.80 Å². The van der Waals surface area contributed by atoms with Gasteiger partial charge in [-0.1, -0.05) is 6.07 Å². The Bertz CT molecular complexity index is 1040. The van der Waals surface area contributed by atoms with E-state index in [1.165, 1.54) is 12.1 Å². The van der Waals surface area contributed by atoms with Gasteiger partial charge in [-0.3, -0.25) is 14.1 Å². The number of pyridine rings is 1. The van der Waals surface area contributed by atoms with Gasteiger partial charge in [0.05, 0.1) is 6.54 Å². The highest BCUT2D eigenvalue weighted by atomic mass is 19.1. The summed E-state index contributed by atoms with van der Waals surface area (Å²) >= 11 is 0. The molecule has 4 heterocycles. The topological polar surface area (TPSA) is 57.0 Å². The van der Waals surface area contributed by atoms with E-state index in [2.05, 4.69) is 24.4 Å². The van der Waals surface area contributed by atoms with E-state index in [0.29, 0.717) is 25.6 Å². The van der Waals surface area contributed by atoms with Crippen molar-refractivity contribution in [2.75, 3.05) is 50.7 Å². The van der Waals surface area contributed by atoms with E-state index in [-0.39, 0.29) is 11.7 Å². The predicted molar refractivity (Wildman–Crippen MR) is 117 cm³/mol. The predicted octanol–water partition coefficient (Wildman–Crippen LogP) is 2.40. The summed E-state index contributed by atoms with van der Waals surface area (Å²) in [7, 11) is 0. The number of fused-ring (bicyclic) bond motifs is 1. The highest BCUT2D eigenvalue weighted by Gasteiger charge is 2.28. The maximum atomic E-state index is 13.1. The second-order valence-corrected chi connectivity index (χ2v) is 8.38. The lowest BCUT2D eigenvalue weighted by Crippen LogP contribution is -2.52. The molecule has 1 amide bonds. The van der Waals surface area contributed by atoms with Crippen LogP contribution in [-0.2, 0) is 4.79 Å². The van der Waals surface area contributed by atoms with Crippen LogP contribution in [0.4, 0.5) is 10.1 Å². The molecule has 2 aliphatic rings. The number of piperazine rings is 1. The molecule has 162 valence electrons. The van der Waals surface area contributed by atoms with Crippen molar-refractivity contribution in [3.8, 4) is 0 Å². The molecule has 0 bridgehead atoms. The molecule has 31 heavy (non-hydrogen) atoms. The summed E-state index contributed by atoms with van der Waals surface area (Å²) in [6.07, 6.45) is 3.99. The van der Waals surface area contributed by atoms with Crippen LogP contribution >= 0.6 is 0 Å².